The molecule has 4 rings (SSSR count). The third kappa shape index (κ3) is 3.19. The van der Waals surface area contributed by atoms with Gasteiger partial charge in [0.2, 0.25) is 0 Å². The number of carbonyl (C=O) groups excluding carboxylic acids is 1. The van der Waals surface area contributed by atoms with Crippen molar-refractivity contribution in [1.29, 1.82) is 0 Å². The number of benzene rings is 1. The van der Waals surface area contributed by atoms with Crippen LogP contribution in [0.15, 0.2) is 47.3 Å². The lowest BCUT2D eigenvalue weighted by molar-refractivity contribution is -0.137. The number of anilines is 1. The predicted octanol–water partition coefficient (Wildman–Crippen LogP) is 4.01. The van der Waals surface area contributed by atoms with Crippen LogP contribution in [-0.2, 0) is 6.18 Å². The lowest BCUT2D eigenvalue weighted by Gasteiger charge is -2.08. The highest BCUT2D eigenvalue weighted by Crippen LogP contribution is 2.41. The van der Waals surface area contributed by atoms with E-state index in [2.05, 4.69) is 15.4 Å². The first-order valence-corrected chi connectivity index (χ1v) is 7.90. The van der Waals surface area contributed by atoms with E-state index in [-0.39, 0.29) is 23.1 Å². The molecule has 3 aromatic rings. The van der Waals surface area contributed by atoms with Gasteiger partial charge in [-0.2, -0.15) is 18.3 Å². The Bertz CT molecular complexity index is 957. The molecule has 134 valence electrons. The van der Waals surface area contributed by atoms with E-state index >= 15 is 0 Å². The van der Waals surface area contributed by atoms with Gasteiger partial charge in [0, 0.05) is 18.2 Å². The van der Waals surface area contributed by atoms with Crippen molar-refractivity contribution in [2.75, 3.05) is 5.32 Å². The number of nitrogens with one attached hydrogen (secondary N) is 1. The molecular weight excluding hydrogens is 349 g/mol. The van der Waals surface area contributed by atoms with Crippen LogP contribution in [0.2, 0.25) is 0 Å². The molecule has 2 aromatic heterocycles. The second-order valence-corrected chi connectivity index (χ2v) is 5.99. The third-order valence-corrected chi connectivity index (χ3v) is 4.03. The molecule has 0 saturated heterocycles. The van der Waals surface area contributed by atoms with Crippen LogP contribution in [0.3, 0.4) is 0 Å². The van der Waals surface area contributed by atoms with Crippen molar-refractivity contribution in [1.82, 2.24) is 14.8 Å². The number of rotatable bonds is 4. The Morgan fingerprint density at radius 1 is 1.27 bits per heavy atom. The summed E-state index contributed by atoms with van der Waals surface area (Å²) in [6.45, 7) is 0. The van der Waals surface area contributed by atoms with E-state index in [1.165, 1.54) is 35.5 Å². The molecule has 0 radical (unpaired) electrons. The Morgan fingerprint density at radius 2 is 2.08 bits per heavy atom. The Balaban J connectivity index is 1.53. The summed E-state index contributed by atoms with van der Waals surface area (Å²) in [5.41, 5.74) is -0.325. The fourth-order valence-corrected chi connectivity index (χ4v) is 2.60. The van der Waals surface area contributed by atoms with Gasteiger partial charge in [-0.25, -0.2) is 9.67 Å². The fourth-order valence-electron chi connectivity index (χ4n) is 2.60. The highest BCUT2D eigenvalue weighted by Gasteiger charge is 2.33. The number of aromatic nitrogens is 3. The van der Waals surface area contributed by atoms with Crippen molar-refractivity contribution in [2.45, 2.75) is 24.9 Å². The summed E-state index contributed by atoms with van der Waals surface area (Å²) in [4.78, 5) is 16.3. The van der Waals surface area contributed by atoms with Crippen molar-refractivity contribution < 1.29 is 22.4 Å². The molecule has 0 unspecified atom stereocenters. The fraction of sp³-hybridized carbons (Fsp3) is 0.235. The zero-order valence-corrected chi connectivity index (χ0v) is 13.3. The Labute approximate surface area is 145 Å². The van der Waals surface area contributed by atoms with Crippen LogP contribution in [0, 0.1) is 0 Å². The van der Waals surface area contributed by atoms with Crippen molar-refractivity contribution in [3.8, 4) is 5.69 Å². The minimum absolute atomic E-state index is 0.206. The van der Waals surface area contributed by atoms with Crippen LogP contribution in [0.5, 0.6) is 0 Å². The van der Waals surface area contributed by atoms with Gasteiger partial charge >= 0.3 is 6.18 Å². The van der Waals surface area contributed by atoms with Crippen LogP contribution < -0.4 is 5.32 Å². The monoisotopic (exact) mass is 362 g/mol. The SMILES string of the molecule is O=C(Nc1ccn(-c2cccc(C(F)(F)F)c2)n1)c1ncoc1C1CC1. The molecule has 0 bridgehead atoms. The molecule has 1 N–H and O–H groups in total. The van der Waals surface area contributed by atoms with Gasteiger partial charge in [-0.1, -0.05) is 6.07 Å². The molecular formula is C17H13F3N4O2. The Hall–Kier alpha value is -3.10. The van der Waals surface area contributed by atoms with E-state index in [4.69, 9.17) is 4.42 Å². The lowest BCUT2D eigenvalue weighted by Crippen LogP contribution is -2.14. The highest BCUT2D eigenvalue weighted by molar-refractivity contribution is 6.03. The summed E-state index contributed by atoms with van der Waals surface area (Å²) in [6, 6.07) is 6.27. The molecule has 2 heterocycles. The number of hydrogen-bond acceptors (Lipinski definition) is 4. The maximum Gasteiger partial charge on any atom is 0.416 e. The molecule has 0 atom stereocenters. The van der Waals surface area contributed by atoms with Gasteiger partial charge in [-0.05, 0) is 31.0 Å². The minimum atomic E-state index is -4.44. The zero-order valence-electron chi connectivity index (χ0n) is 13.3. The van der Waals surface area contributed by atoms with Gasteiger partial charge in [0.15, 0.2) is 17.9 Å². The largest absolute Gasteiger partial charge is 0.447 e. The molecule has 1 fully saturated rings. The highest BCUT2D eigenvalue weighted by atomic mass is 19.4. The third-order valence-electron chi connectivity index (χ3n) is 4.03. The zero-order chi connectivity index (χ0) is 18.3. The van der Waals surface area contributed by atoms with Crippen LogP contribution in [-0.4, -0.2) is 20.7 Å². The second-order valence-electron chi connectivity index (χ2n) is 5.99. The average molecular weight is 362 g/mol. The van der Waals surface area contributed by atoms with E-state index in [9.17, 15) is 18.0 Å². The number of amides is 1. The van der Waals surface area contributed by atoms with Crippen molar-refractivity contribution in [3.63, 3.8) is 0 Å². The second kappa shape index (κ2) is 6.01. The molecule has 26 heavy (non-hydrogen) atoms. The molecule has 1 aliphatic rings. The van der Waals surface area contributed by atoms with E-state index in [0.717, 1.165) is 25.0 Å². The van der Waals surface area contributed by atoms with Crippen LogP contribution in [0.4, 0.5) is 19.0 Å². The molecule has 0 aliphatic heterocycles. The normalized spacial score (nSPS) is 14.4. The Kier molecular flexibility index (Phi) is 3.78. The van der Waals surface area contributed by atoms with Crippen molar-refractivity contribution >= 4 is 11.7 Å². The number of carbonyl (C=O) groups is 1. The summed E-state index contributed by atoms with van der Waals surface area (Å²) in [6.07, 6.45) is 0.172. The molecule has 1 saturated carbocycles. The maximum atomic E-state index is 12.8. The van der Waals surface area contributed by atoms with Gasteiger partial charge < -0.3 is 9.73 Å². The molecule has 1 amide bonds. The van der Waals surface area contributed by atoms with E-state index in [1.807, 2.05) is 0 Å². The van der Waals surface area contributed by atoms with Gasteiger partial charge in [-0.15, -0.1) is 0 Å². The molecule has 1 aliphatic carbocycles. The Morgan fingerprint density at radius 3 is 2.81 bits per heavy atom. The van der Waals surface area contributed by atoms with Crippen molar-refractivity contribution in [3.05, 3.63) is 59.9 Å². The smallest absolute Gasteiger partial charge is 0.416 e. The first kappa shape index (κ1) is 16.4. The van der Waals surface area contributed by atoms with Crippen LogP contribution in [0.25, 0.3) is 5.69 Å². The van der Waals surface area contributed by atoms with Crippen LogP contribution >= 0.6 is 0 Å². The topological polar surface area (TPSA) is 73.0 Å². The average Bonchev–Trinajstić information content (AvgIpc) is 3.15. The number of nitrogens with zero attached hydrogens (tertiary/aromatic N) is 3. The van der Waals surface area contributed by atoms with E-state index in [1.54, 1.807) is 0 Å². The molecule has 0 spiro atoms. The molecule has 9 heteroatoms. The minimum Gasteiger partial charge on any atom is -0.447 e. The first-order valence-electron chi connectivity index (χ1n) is 7.90. The summed E-state index contributed by atoms with van der Waals surface area (Å²) >= 11 is 0. The summed E-state index contributed by atoms with van der Waals surface area (Å²) in [7, 11) is 0. The number of hydrogen-bond donors (Lipinski definition) is 1. The van der Waals surface area contributed by atoms with Gasteiger partial charge in [0.25, 0.3) is 5.91 Å². The van der Waals surface area contributed by atoms with E-state index in [0.29, 0.717) is 5.76 Å². The maximum absolute atomic E-state index is 12.8. The number of alkyl halides is 3. The standard InChI is InChI=1S/C17H13F3N4O2/c18-17(19,20)11-2-1-3-12(8-11)24-7-6-13(23-24)22-16(25)14-15(10-4-5-10)26-9-21-14/h1-3,6-10H,4-5H2,(H,22,23,25). The van der Waals surface area contributed by atoms with Gasteiger partial charge in [0.05, 0.1) is 11.3 Å². The first-order chi connectivity index (χ1) is 12.4. The predicted molar refractivity (Wildman–Crippen MR) is 85.0 cm³/mol. The van der Waals surface area contributed by atoms with Crippen molar-refractivity contribution in [2.24, 2.45) is 0 Å². The lowest BCUT2D eigenvalue weighted by atomic mass is 10.2. The van der Waals surface area contributed by atoms with E-state index < -0.39 is 17.6 Å². The molecule has 1 aromatic carbocycles. The number of halogens is 3. The summed E-state index contributed by atoms with van der Waals surface area (Å²) in [5.74, 6) is 0.521. The summed E-state index contributed by atoms with van der Waals surface area (Å²) < 4.78 is 45.0. The quantitative estimate of drug-likeness (QED) is 0.761. The van der Waals surface area contributed by atoms with Crippen LogP contribution in [0.1, 0.15) is 40.6 Å². The number of oxazole rings is 1. The van der Waals surface area contributed by atoms with Gasteiger partial charge in [-0.3, -0.25) is 4.79 Å². The molecule has 6 nitrogen and oxygen atoms in total. The van der Waals surface area contributed by atoms with Gasteiger partial charge in [0.1, 0.15) is 5.76 Å². The summed E-state index contributed by atoms with van der Waals surface area (Å²) in [5, 5.41) is 6.69.